The Hall–Kier alpha value is -1.41. The number of thiocarbonyl (C=S) groups is 1. The molecule has 26 heavy (non-hydrogen) atoms. The molecule has 1 unspecified atom stereocenters. The van der Waals surface area contributed by atoms with Gasteiger partial charge in [0.15, 0.2) is 5.11 Å². The van der Waals surface area contributed by atoms with Crippen LogP contribution in [-0.2, 0) is 9.47 Å². The number of nitrogens with one attached hydrogen (secondary N) is 2. The molecule has 0 spiro atoms. The smallest absolute Gasteiger partial charge is 0.166 e. The maximum Gasteiger partial charge on any atom is 0.166 e. The van der Waals surface area contributed by atoms with Crippen molar-refractivity contribution in [3.05, 3.63) is 29.8 Å². The summed E-state index contributed by atoms with van der Waals surface area (Å²) in [6.45, 7) is 8.48. The SMILES string of the molecule is CCOCCCNC(=S)NCC(c1ccc(OC)cc1)N1CCOCC1. The lowest BCUT2D eigenvalue weighted by Gasteiger charge is -2.35. The van der Waals surface area contributed by atoms with E-state index in [1.54, 1.807) is 7.11 Å². The Morgan fingerprint density at radius 2 is 1.96 bits per heavy atom. The molecule has 0 saturated carbocycles. The Morgan fingerprint density at radius 3 is 2.62 bits per heavy atom. The van der Waals surface area contributed by atoms with E-state index >= 15 is 0 Å². The number of hydrogen-bond donors (Lipinski definition) is 2. The van der Waals surface area contributed by atoms with Gasteiger partial charge in [-0.25, -0.2) is 0 Å². The molecule has 7 heteroatoms. The fraction of sp³-hybridized carbons (Fsp3) is 0.632. The third-order valence-corrected chi connectivity index (χ3v) is 4.69. The molecule has 1 aliphatic rings. The molecule has 2 rings (SSSR count). The number of benzene rings is 1. The first kappa shape index (κ1) is 20.9. The quantitative estimate of drug-likeness (QED) is 0.475. The van der Waals surface area contributed by atoms with Crippen LogP contribution in [0, 0.1) is 0 Å². The van der Waals surface area contributed by atoms with Gasteiger partial charge in [0.2, 0.25) is 0 Å². The molecule has 1 saturated heterocycles. The predicted molar refractivity (Wildman–Crippen MR) is 108 cm³/mol. The molecule has 0 radical (unpaired) electrons. The summed E-state index contributed by atoms with van der Waals surface area (Å²) >= 11 is 5.42. The van der Waals surface area contributed by atoms with E-state index in [1.165, 1.54) is 5.56 Å². The fourth-order valence-corrected chi connectivity index (χ4v) is 3.13. The number of morpholine rings is 1. The highest BCUT2D eigenvalue weighted by Crippen LogP contribution is 2.23. The molecular formula is C19H31N3O3S. The summed E-state index contributed by atoms with van der Waals surface area (Å²) in [4.78, 5) is 2.44. The number of methoxy groups -OCH3 is 1. The van der Waals surface area contributed by atoms with Crippen LogP contribution in [0.3, 0.4) is 0 Å². The van der Waals surface area contributed by atoms with Gasteiger partial charge in [-0.1, -0.05) is 12.1 Å². The van der Waals surface area contributed by atoms with Gasteiger partial charge in [0, 0.05) is 39.4 Å². The largest absolute Gasteiger partial charge is 0.497 e. The van der Waals surface area contributed by atoms with E-state index in [4.69, 9.17) is 26.4 Å². The number of ether oxygens (including phenoxy) is 3. The maximum atomic E-state index is 5.50. The Kier molecular flexibility index (Phi) is 9.70. The van der Waals surface area contributed by atoms with Crippen molar-refractivity contribution in [3.63, 3.8) is 0 Å². The lowest BCUT2D eigenvalue weighted by molar-refractivity contribution is 0.0170. The second-order valence-electron chi connectivity index (χ2n) is 6.12. The highest BCUT2D eigenvalue weighted by atomic mass is 32.1. The summed E-state index contributed by atoms with van der Waals surface area (Å²) < 4.78 is 16.1. The lowest BCUT2D eigenvalue weighted by atomic mass is 10.0. The van der Waals surface area contributed by atoms with E-state index in [9.17, 15) is 0 Å². The molecule has 2 N–H and O–H groups in total. The van der Waals surface area contributed by atoms with Crippen LogP contribution in [-0.4, -0.2) is 69.7 Å². The Labute approximate surface area is 162 Å². The van der Waals surface area contributed by atoms with Crippen LogP contribution >= 0.6 is 12.2 Å². The topological polar surface area (TPSA) is 55.0 Å². The van der Waals surface area contributed by atoms with Crippen molar-refractivity contribution in [2.24, 2.45) is 0 Å². The van der Waals surface area contributed by atoms with Crippen LogP contribution in [0.25, 0.3) is 0 Å². The Balaban J connectivity index is 1.88. The zero-order valence-electron chi connectivity index (χ0n) is 15.8. The lowest BCUT2D eigenvalue weighted by Crippen LogP contribution is -2.45. The van der Waals surface area contributed by atoms with Crippen LogP contribution in [0.4, 0.5) is 0 Å². The second-order valence-corrected chi connectivity index (χ2v) is 6.53. The van der Waals surface area contributed by atoms with Gasteiger partial charge in [0.25, 0.3) is 0 Å². The van der Waals surface area contributed by atoms with Crippen LogP contribution < -0.4 is 15.4 Å². The fourth-order valence-electron chi connectivity index (χ4n) is 2.95. The third-order valence-electron chi connectivity index (χ3n) is 4.40. The summed E-state index contributed by atoms with van der Waals surface area (Å²) in [6, 6.07) is 8.51. The Morgan fingerprint density at radius 1 is 1.23 bits per heavy atom. The molecule has 6 nitrogen and oxygen atoms in total. The normalized spacial score (nSPS) is 16.1. The monoisotopic (exact) mass is 381 g/mol. The minimum atomic E-state index is 0.244. The molecule has 1 atom stereocenters. The molecular weight excluding hydrogens is 350 g/mol. The second kappa shape index (κ2) is 12.1. The highest BCUT2D eigenvalue weighted by molar-refractivity contribution is 7.80. The average Bonchev–Trinajstić information content (AvgIpc) is 2.69. The van der Waals surface area contributed by atoms with Gasteiger partial charge < -0.3 is 24.8 Å². The molecule has 1 aliphatic heterocycles. The van der Waals surface area contributed by atoms with Gasteiger partial charge in [-0.05, 0) is 43.3 Å². The van der Waals surface area contributed by atoms with Gasteiger partial charge in [-0.2, -0.15) is 0 Å². The minimum absolute atomic E-state index is 0.244. The maximum absolute atomic E-state index is 5.50. The summed E-state index contributed by atoms with van der Waals surface area (Å²) in [7, 11) is 1.69. The van der Waals surface area contributed by atoms with Crippen molar-refractivity contribution in [1.29, 1.82) is 0 Å². The minimum Gasteiger partial charge on any atom is -0.497 e. The van der Waals surface area contributed by atoms with Crippen molar-refractivity contribution in [2.45, 2.75) is 19.4 Å². The van der Waals surface area contributed by atoms with Crippen molar-refractivity contribution in [3.8, 4) is 5.75 Å². The van der Waals surface area contributed by atoms with Gasteiger partial charge in [0.1, 0.15) is 5.75 Å². The van der Waals surface area contributed by atoms with Gasteiger partial charge in [-0.3, -0.25) is 4.90 Å². The van der Waals surface area contributed by atoms with E-state index in [2.05, 4.69) is 27.7 Å². The summed E-state index contributed by atoms with van der Waals surface area (Å²) in [5, 5.41) is 7.30. The van der Waals surface area contributed by atoms with Crippen LogP contribution in [0.1, 0.15) is 24.9 Å². The van der Waals surface area contributed by atoms with Crippen LogP contribution in [0.15, 0.2) is 24.3 Å². The average molecular weight is 382 g/mol. The molecule has 0 amide bonds. The molecule has 1 aromatic rings. The molecule has 0 aromatic heterocycles. The van der Waals surface area contributed by atoms with E-state index < -0.39 is 0 Å². The molecule has 1 fully saturated rings. The van der Waals surface area contributed by atoms with Crippen LogP contribution in [0.2, 0.25) is 0 Å². The molecule has 1 aromatic carbocycles. The summed E-state index contributed by atoms with van der Waals surface area (Å²) in [5.74, 6) is 0.869. The van der Waals surface area contributed by atoms with Crippen molar-refractivity contribution in [2.75, 3.05) is 59.7 Å². The summed E-state index contributed by atoms with van der Waals surface area (Å²) in [6.07, 6.45) is 0.945. The van der Waals surface area contributed by atoms with E-state index in [1.807, 2.05) is 19.1 Å². The van der Waals surface area contributed by atoms with E-state index in [0.29, 0.717) is 5.11 Å². The third kappa shape index (κ3) is 7.07. The molecule has 146 valence electrons. The van der Waals surface area contributed by atoms with Crippen molar-refractivity contribution < 1.29 is 14.2 Å². The zero-order valence-corrected chi connectivity index (χ0v) is 16.6. The number of hydrogen-bond acceptors (Lipinski definition) is 5. The first-order chi connectivity index (χ1) is 12.7. The molecule has 0 bridgehead atoms. The number of nitrogens with zero attached hydrogens (tertiary/aromatic N) is 1. The molecule has 0 aliphatic carbocycles. The van der Waals surface area contributed by atoms with Gasteiger partial charge >= 0.3 is 0 Å². The van der Waals surface area contributed by atoms with E-state index in [-0.39, 0.29) is 6.04 Å². The first-order valence-electron chi connectivity index (χ1n) is 9.29. The predicted octanol–water partition coefficient (Wildman–Crippen LogP) is 1.96. The van der Waals surface area contributed by atoms with E-state index in [0.717, 1.165) is 64.8 Å². The zero-order chi connectivity index (χ0) is 18.6. The van der Waals surface area contributed by atoms with Gasteiger partial charge in [-0.15, -0.1) is 0 Å². The van der Waals surface area contributed by atoms with Gasteiger partial charge in [0.05, 0.1) is 26.4 Å². The summed E-state index contributed by atoms with van der Waals surface area (Å²) in [5.41, 5.74) is 1.25. The Bertz CT molecular complexity index is 521. The van der Waals surface area contributed by atoms with Crippen LogP contribution in [0.5, 0.6) is 5.75 Å². The molecule has 1 heterocycles. The van der Waals surface area contributed by atoms with Crippen molar-refractivity contribution in [1.82, 2.24) is 15.5 Å². The first-order valence-corrected chi connectivity index (χ1v) is 9.70. The number of rotatable bonds is 10. The van der Waals surface area contributed by atoms with Crippen molar-refractivity contribution >= 4 is 17.3 Å². The highest BCUT2D eigenvalue weighted by Gasteiger charge is 2.22. The standard InChI is InChI=1S/C19H31N3O3S/c1-3-24-12-4-9-20-19(26)21-15-18(22-10-13-25-14-11-22)16-5-7-17(23-2)8-6-16/h5-8,18H,3-4,9-15H2,1-2H3,(H2,20,21,26).